The second kappa shape index (κ2) is 5.94. The van der Waals surface area contributed by atoms with Crippen LogP contribution < -0.4 is 11.1 Å². The van der Waals surface area contributed by atoms with Gasteiger partial charge < -0.3 is 16.0 Å². The lowest BCUT2D eigenvalue weighted by molar-refractivity contribution is -0.136. The molecular formula is C15H21N3O2. The van der Waals surface area contributed by atoms with Gasteiger partial charge in [-0.1, -0.05) is 32.0 Å². The highest BCUT2D eigenvalue weighted by Gasteiger charge is 2.32. The normalized spacial score (nSPS) is 16.6. The van der Waals surface area contributed by atoms with Gasteiger partial charge in [-0.05, 0) is 17.5 Å². The molecule has 2 rings (SSSR count). The van der Waals surface area contributed by atoms with E-state index < -0.39 is 5.91 Å². The standard InChI is InChI=1S/C15H21N3O2/c1-10(2)8-18(9-14(16)19)15(20)12-7-17-13-6-4-3-5-11(12)13/h3-6,10,12,17H,7-9H2,1-2H3,(H2,16,19). The van der Waals surface area contributed by atoms with Crippen LogP contribution in [0.5, 0.6) is 0 Å². The van der Waals surface area contributed by atoms with E-state index in [2.05, 4.69) is 5.32 Å². The molecule has 1 aliphatic rings. The summed E-state index contributed by atoms with van der Waals surface area (Å²) in [5.74, 6) is -0.444. The number of nitrogens with two attached hydrogens (primary N) is 1. The van der Waals surface area contributed by atoms with E-state index in [1.807, 2.05) is 38.1 Å². The van der Waals surface area contributed by atoms with Crippen LogP contribution in [0.4, 0.5) is 5.69 Å². The highest BCUT2D eigenvalue weighted by Crippen LogP contribution is 2.32. The molecule has 108 valence electrons. The van der Waals surface area contributed by atoms with Gasteiger partial charge in [0.25, 0.3) is 0 Å². The van der Waals surface area contributed by atoms with Crippen LogP contribution >= 0.6 is 0 Å². The quantitative estimate of drug-likeness (QED) is 0.847. The average molecular weight is 275 g/mol. The molecule has 0 fully saturated rings. The van der Waals surface area contributed by atoms with Gasteiger partial charge in [-0.15, -0.1) is 0 Å². The molecule has 5 nitrogen and oxygen atoms in total. The number of hydrogen-bond acceptors (Lipinski definition) is 3. The molecule has 1 aromatic rings. The van der Waals surface area contributed by atoms with Crippen LogP contribution in [0.3, 0.4) is 0 Å². The van der Waals surface area contributed by atoms with Gasteiger partial charge in [-0.25, -0.2) is 0 Å². The smallest absolute Gasteiger partial charge is 0.237 e. The molecule has 0 bridgehead atoms. The Morgan fingerprint density at radius 3 is 2.75 bits per heavy atom. The van der Waals surface area contributed by atoms with E-state index in [0.717, 1.165) is 11.3 Å². The molecule has 2 amide bonds. The summed E-state index contributed by atoms with van der Waals surface area (Å²) in [4.78, 5) is 25.4. The van der Waals surface area contributed by atoms with Crippen molar-refractivity contribution in [2.24, 2.45) is 11.7 Å². The van der Waals surface area contributed by atoms with Crippen molar-refractivity contribution in [1.82, 2.24) is 4.90 Å². The van der Waals surface area contributed by atoms with E-state index in [1.54, 1.807) is 4.90 Å². The molecule has 0 aromatic heterocycles. The number of fused-ring (bicyclic) bond motifs is 1. The number of anilines is 1. The SMILES string of the molecule is CC(C)CN(CC(N)=O)C(=O)C1CNc2ccccc21. The maximum atomic E-state index is 12.7. The van der Waals surface area contributed by atoms with Gasteiger partial charge in [0.2, 0.25) is 11.8 Å². The minimum atomic E-state index is -0.474. The van der Waals surface area contributed by atoms with E-state index in [0.29, 0.717) is 19.0 Å². The molecule has 1 aromatic carbocycles. The van der Waals surface area contributed by atoms with Crippen LogP contribution in [0, 0.1) is 5.92 Å². The molecule has 0 saturated heterocycles. The third-order valence-electron chi connectivity index (χ3n) is 3.37. The molecule has 1 heterocycles. The first-order chi connectivity index (χ1) is 9.49. The summed E-state index contributed by atoms with van der Waals surface area (Å²) in [6.45, 7) is 5.13. The van der Waals surface area contributed by atoms with Crippen molar-refractivity contribution in [1.29, 1.82) is 0 Å². The minimum absolute atomic E-state index is 0.0182. The molecule has 3 N–H and O–H groups in total. The Kier molecular flexibility index (Phi) is 4.27. The molecule has 0 saturated carbocycles. The number of para-hydroxylation sites is 1. The summed E-state index contributed by atoms with van der Waals surface area (Å²) in [6, 6.07) is 7.78. The Hall–Kier alpha value is -2.04. The molecule has 0 radical (unpaired) electrons. The zero-order valence-electron chi connectivity index (χ0n) is 11.9. The van der Waals surface area contributed by atoms with Crippen LogP contribution in [0.1, 0.15) is 25.3 Å². The van der Waals surface area contributed by atoms with Gasteiger partial charge in [0.05, 0.1) is 12.5 Å². The summed E-state index contributed by atoms with van der Waals surface area (Å²) in [5, 5.41) is 3.23. The van der Waals surface area contributed by atoms with E-state index in [9.17, 15) is 9.59 Å². The van der Waals surface area contributed by atoms with Gasteiger partial charge >= 0.3 is 0 Å². The molecule has 1 atom stereocenters. The summed E-state index contributed by atoms with van der Waals surface area (Å²) in [7, 11) is 0. The van der Waals surface area contributed by atoms with Crippen LogP contribution in [0.2, 0.25) is 0 Å². The highest BCUT2D eigenvalue weighted by atomic mass is 16.2. The maximum Gasteiger partial charge on any atom is 0.237 e. The second-order valence-electron chi connectivity index (χ2n) is 5.60. The second-order valence-corrected chi connectivity index (χ2v) is 5.60. The average Bonchev–Trinajstić information content (AvgIpc) is 2.79. The van der Waals surface area contributed by atoms with Crippen molar-refractivity contribution in [2.45, 2.75) is 19.8 Å². The van der Waals surface area contributed by atoms with Crippen molar-refractivity contribution >= 4 is 17.5 Å². The summed E-state index contributed by atoms with van der Waals surface area (Å²) in [6.07, 6.45) is 0. The predicted molar refractivity (Wildman–Crippen MR) is 78.3 cm³/mol. The van der Waals surface area contributed by atoms with Crippen molar-refractivity contribution in [3.8, 4) is 0 Å². The Morgan fingerprint density at radius 2 is 2.10 bits per heavy atom. The molecule has 5 heteroatoms. The molecular weight excluding hydrogens is 254 g/mol. The molecule has 0 aliphatic carbocycles. The summed E-state index contributed by atoms with van der Waals surface area (Å²) < 4.78 is 0. The number of rotatable bonds is 5. The zero-order chi connectivity index (χ0) is 14.7. The topological polar surface area (TPSA) is 75.4 Å². The Bertz CT molecular complexity index is 514. The maximum absolute atomic E-state index is 12.7. The minimum Gasteiger partial charge on any atom is -0.384 e. The van der Waals surface area contributed by atoms with Gasteiger partial charge in [-0.3, -0.25) is 9.59 Å². The Balaban J connectivity index is 2.18. The molecule has 20 heavy (non-hydrogen) atoms. The van der Waals surface area contributed by atoms with Gasteiger partial charge in [0.1, 0.15) is 0 Å². The first-order valence-corrected chi connectivity index (χ1v) is 6.89. The summed E-state index contributed by atoms with van der Waals surface area (Å²) in [5.41, 5.74) is 7.24. The molecule has 1 aliphatic heterocycles. The lowest BCUT2D eigenvalue weighted by atomic mass is 9.99. The number of nitrogens with one attached hydrogen (secondary N) is 1. The monoisotopic (exact) mass is 275 g/mol. The van der Waals surface area contributed by atoms with Crippen LogP contribution in [0.15, 0.2) is 24.3 Å². The Labute approximate surface area is 119 Å². The van der Waals surface area contributed by atoms with Crippen LogP contribution in [0.25, 0.3) is 0 Å². The van der Waals surface area contributed by atoms with Crippen molar-refractivity contribution in [3.05, 3.63) is 29.8 Å². The summed E-state index contributed by atoms with van der Waals surface area (Å²) >= 11 is 0. The third kappa shape index (κ3) is 3.10. The number of carbonyl (C=O) groups excluding carboxylic acids is 2. The van der Waals surface area contributed by atoms with E-state index in [4.69, 9.17) is 5.73 Å². The van der Waals surface area contributed by atoms with Gasteiger partial charge in [0, 0.05) is 18.8 Å². The number of nitrogens with zero attached hydrogens (tertiary/aromatic N) is 1. The molecule has 1 unspecified atom stereocenters. The zero-order valence-corrected chi connectivity index (χ0v) is 11.9. The van der Waals surface area contributed by atoms with Crippen molar-refractivity contribution < 1.29 is 9.59 Å². The van der Waals surface area contributed by atoms with Crippen molar-refractivity contribution in [3.63, 3.8) is 0 Å². The number of primary amides is 1. The predicted octanol–water partition coefficient (Wildman–Crippen LogP) is 1.17. The first-order valence-electron chi connectivity index (χ1n) is 6.89. The van der Waals surface area contributed by atoms with Crippen LogP contribution in [-0.4, -0.2) is 36.3 Å². The number of amides is 2. The Morgan fingerprint density at radius 1 is 1.40 bits per heavy atom. The molecule has 0 spiro atoms. The fraction of sp³-hybridized carbons (Fsp3) is 0.467. The fourth-order valence-electron chi connectivity index (χ4n) is 2.59. The highest BCUT2D eigenvalue weighted by molar-refractivity contribution is 5.91. The van der Waals surface area contributed by atoms with E-state index >= 15 is 0 Å². The van der Waals surface area contributed by atoms with E-state index in [-0.39, 0.29) is 18.4 Å². The van der Waals surface area contributed by atoms with Crippen LogP contribution in [-0.2, 0) is 9.59 Å². The van der Waals surface area contributed by atoms with E-state index in [1.165, 1.54) is 0 Å². The fourth-order valence-corrected chi connectivity index (χ4v) is 2.59. The lowest BCUT2D eigenvalue weighted by Crippen LogP contribution is -2.43. The lowest BCUT2D eigenvalue weighted by Gasteiger charge is -2.26. The van der Waals surface area contributed by atoms with Crippen molar-refractivity contribution in [2.75, 3.05) is 25.0 Å². The number of hydrogen-bond donors (Lipinski definition) is 2. The van der Waals surface area contributed by atoms with Gasteiger partial charge in [-0.2, -0.15) is 0 Å². The number of carbonyl (C=O) groups is 2. The van der Waals surface area contributed by atoms with Gasteiger partial charge in [0.15, 0.2) is 0 Å². The first kappa shape index (κ1) is 14.4. The number of benzene rings is 1. The largest absolute Gasteiger partial charge is 0.384 e. The third-order valence-corrected chi connectivity index (χ3v) is 3.37.